The van der Waals surface area contributed by atoms with Crippen molar-refractivity contribution in [3.63, 3.8) is 0 Å². The molecule has 1 aliphatic rings. The second-order valence-corrected chi connectivity index (χ2v) is 6.29. The van der Waals surface area contributed by atoms with Crippen LogP contribution in [0, 0.1) is 11.3 Å². The molecule has 26 heavy (non-hydrogen) atoms. The average molecular weight is 353 g/mol. The molecule has 2 aromatic rings. The number of hydrogen-bond acceptors (Lipinski definition) is 3. The van der Waals surface area contributed by atoms with Crippen LogP contribution in [0.5, 0.6) is 0 Å². The van der Waals surface area contributed by atoms with Crippen LogP contribution in [0.25, 0.3) is 0 Å². The number of carbonyl (C=O) groups is 1. The number of benzene rings is 2. The van der Waals surface area contributed by atoms with Crippen LogP contribution in [0.2, 0.25) is 0 Å². The van der Waals surface area contributed by atoms with E-state index in [0.29, 0.717) is 0 Å². The molecule has 0 spiro atoms. The standard InChI is InChI=1S/C20H20FN3O.CH4/c21-16-11-17(12-22)24(13-16)20(25)19(23)18(14-7-3-1-4-8-14)15-9-5-2-6-10-15;/h1-10,16-19H,11,13,23H2;1H4/t16?,17?,19-;/m0./s1. The number of carbonyl (C=O) groups excluding carboxylic acids is 1. The fourth-order valence-electron chi connectivity index (χ4n) is 3.41. The number of nitriles is 1. The number of likely N-dealkylation sites (tertiary alicyclic amines) is 1. The van der Waals surface area contributed by atoms with Crippen molar-refractivity contribution in [3.8, 4) is 6.07 Å². The number of nitrogens with zero attached hydrogens (tertiary/aromatic N) is 2. The van der Waals surface area contributed by atoms with Crippen molar-refractivity contribution in [1.29, 1.82) is 5.26 Å². The SMILES string of the molecule is C.N#CC1CC(F)CN1C(=O)[C@@H](N)C(c1ccccc1)c1ccccc1. The average Bonchev–Trinajstić information content (AvgIpc) is 3.04. The van der Waals surface area contributed by atoms with Crippen molar-refractivity contribution < 1.29 is 9.18 Å². The maximum absolute atomic E-state index is 13.7. The molecule has 0 aromatic heterocycles. The Bertz CT molecular complexity index is 720. The van der Waals surface area contributed by atoms with Gasteiger partial charge in [0.25, 0.3) is 0 Å². The van der Waals surface area contributed by atoms with Crippen molar-refractivity contribution in [2.45, 2.75) is 38.0 Å². The van der Waals surface area contributed by atoms with Crippen LogP contribution < -0.4 is 5.73 Å². The maximum atomic E-state index is 13.7. The third kappa shape index (κ3) is 3.92. The zero-order valence-electron chi connectivity index (χ0n) is 13.8. The first-order chi connectivity index (χ1) is 12.1. The van der Waals surface area contributed by atoms with Crippen LogP contribution in [-0.4, -0.2) is 35.6 Å². The molecular formula is C21H24FN3O. The molecule has 5 heteroatoms. The highest BCUT2D eigenvalue weighted by Crippen LogP contribution is 2.30. The van der Waals surface area contributed by atoms with Gasteiger partial charge in [-0.2, -0.15) is 5.26 Å². The van der Waals surface area contributed by atoms with E-state index in [1.165, 1.54) is 4.90 Å². The molecule has 3 atom stereocenters. The molecule has 0 saturated carbocycles. The molecule has 0 radical (unpaired) electrons. The number of hydrogen-bond donors (Lipinski definition) is 1. The second kappa shape index (κ2) is 8.59. The highest BCUT2D eigenvalue weighted by Gasteiger charge is 2.40. The quantitative estimate of drug-likeness (QED) is 0.917. The second-order valence-electron chi connectivity index (χ2n) is 6.29. The molecule has 1 fully saturated rings. The van der Waals surface area contributed by atoms with E-state index in [2.05, 4.69) is 0 Å². The Morgan fingerprint density at radius 2 is 1.62 bits per heavy atom. The van der Waals surface area contributed by atoms with Gasteiger partial charge in [-0.25, -0.2) is 4.39 Å². The van der Waals surface area contributed by atoms with E-state index in [-0.39, 0.29) is 32.2 Å². The first-order valence-corrected chi connectivity index (χ1v) is 8.31. The first-order valence-electron chi connectivity index (χ1n) is 8.31. The van der Waals surface area contributed by atoms with Crippen LogP contribution in [-0.2, 0) is 4.79 Å². The van der Waals surface area contributed by atoms with Gasteiger partial charge in [0.1, 0.15) is 12.2 Å². The molecule has 0 aliphatic carbocycles. The van der Waals surface area contributed by atoms with Crippen molar-refractivity contribution >= 4 is 5.91 Å². The summed E-state index contributed by atoms with van der Waals surface area (Å²) in [7, 11) is 0. The molecule has 136 valence electrons. The van der Waals surface area contributed by atoms with Crippen molar-refractivity contribution in [2.75, 3.05) is 6.54 Å². The van der Waals surface area contributed by atoms with Crippen LogP contribution in [0.3, 0.4) is 0 Å². The number of rotatable bonds is 4. The molecule has 1 aliphatic heterocycles. The normalized spacial score (nSPS) is 20.3. The fraction of sp³-hybridized carbons (Fsp3) is 0.333. The lowest BCUT2D eigenvalue weighted by atomic mass is 9.84. The van der Waals surface area contributed by atoms with E-state index >= 15 is 0 Å². The lowest BCUT2D eigenvalue weighted by molar-refractivity contribution is -0.133. The van der Waals surface area contributed by atoms with E-state index in [0.717, 1.165) is 11.1 Å². The molecule has 3 rings (SSSR count). The summed E-state index contributed by atoms with van der Waals surface area (Å²) >= 11 is 0. The van der Waals surface area contributed by atoms with Gasteiger partial charge in [-0.3, -0.25) is 4.79 Å². The van der Waals surface area contributed by atoms with E-state index in [9.17, 15) is 14.4 Å². The van der Waals surface area contributed by atoms with Gasteiger partial charge in [-0.1, -0.05) is 68.1 Å². The van der Waals surface area contributed by atoms with Gasteiger partial charge in [0.05, 0.1) is 18.7 Å². The van der Waals surface area contributed by atoms with E-state index in [1.807, 2.05) is 66.7 Å². The minimum absolute atomic E-state index is 0. The number of halogens is 1. The molecule has 0 bridgehead atoms. The van der Waals surface area contributed by atoms with Gasteiger partial charge in [0.15, 0.2) is 0 Å². The van der Waals surface area contributed by atoms with Crippen LogP contribution in [0.1, 0.15) is 30.9 Å². The largest absolute Gasteiger partial charge is 0.322 e. The molecule has 2 N–H and O–H groups in total. The van der Waals surface area contributed by atoms with E-state index in [4.69, 9.17) is 5.73 Å². The van der Waals surface area contributed by atoms with E-state index < -0.39 is 18.3 Å². The van der Waals surface area contributed by atoms with Crippen LogP contribution in [0.15, 0.2) is 60.7 Å². The maximum Gasteiger partial charge on any atom is 0.241 e. The van der Waals surface area contributed by atoms with Gasteiger partial charge in [-0.05, 0) is 11.1 Å². The summed E-state index contributed by atoms with van der Waals surface area (Å²) < 4.78 is 13.7. The highest BCUT2D eigenvalue weighted by molar-refractivity contribution is 5.84. The Morgan fingerprint density at radius 1 is 1.12 bits per heavy atom. The number of amides is 1. The predicted molar refractivity (Wildman–Crippen MR) is 100 cm³/mol. The molecule has 2 aromatic carbocycles. The van der Waals surface area contributed by atoms with Gasteiger partial charge in [-0.15, -0.1) is 0 Å². The molecule has 1 saturated heterocycles. The smallest absolute Gasteiger partial charge is 0.241 e. The Hall–Kier alpha value is -2.71. The molecular weight excluding hydrogens is 329 g/mol. The van der Waals surface area contributed by atoms with Crippen LogP contribution in [0.4, 0.5) is 4.39 Å². The number of alkyl halides is 1. The lowest BCUT2D eigenvalue weighted by Gasteiger charge is -2.29. The fourth-order valence-corrected chi connectivity index (χ4v) is 3.41. The Labute approximate surface area is 154 Å². The van der Waals surface area contributed by atoms with Crippen molar-refractivity contribution in [3.05, 3.63) is 71.8 Å². The van der Waals surface area contributed by atoms with Crippen molar-refractivity contribution in [1.82, 2.24) is 4.90 Å². The van der Waals surface area contributed by atoms with Gasteiger partial charge in [0.2, 0.25) is 5.91 Å². The van der Waals surface area contributed by atoms with Crippen molar-refractivity contribution in [2.24, 2.45) is 5.73 Å². The summed E-state index contributed by atoms with van der Waals surface area (Å²) in [6.45, 7) is -0.0684. The lowest BCUT2D eigenvalue weighted by Crippen LogP contribution is -2.49. The Morgan fingerprint density at radius 3 is 2.08 bits per heavy atom. The molecule has 1 heterocycles. The van der Waals surface area contributed by atoms with Gasteiger partial charge >= 0.3 is 0 Å². The third-order valence-corrected chi connectivity index (χ3v) is 4.64. The summed E-state index contributed by atoms with van der Waals surface area (Å²) in [4.78, 5) is 14.2. The molecule has 2 unspecified atom stereocenters. The zero-order valence-corrected chi connectivity index (χ0v) is 13.8. The van der Waals surface area contributed by atoms with E-state index in [1.54, 1.807) is 0 Å². The topological polar surface area (TPSA) is 70.1 Å². The summed E-state index contributed by atoms with van der Waals surface area (Å²) in [6.07, 6.45) is -1.12. The minimum Gasteiger partial charge on any atom is -0.322 e. The van der Waals surface area contributed by atoms with Gasteiger partial charge in [0, 0.05) is 12.3 Å². The zero-order chi connectivity index (χ0) is 17.8. The van der Waals surface area contributed by atoms with Gasteiger partial charge < -0.3 is 10.6 Å². The summed E-state index contributed by atoms with van der Waals surface area (Å²) in [5.74, 6) is -0.739. The summed E-state index contributed by atoms with van der Waals surface area (Å²) in [5, 5.41) is 9.21. The monoisotopic (exact) mass is 353 g/mol. The highest BCUT2D eigenvalue weighted by atomic mass is 19.1. The summed E-state index contributed by atoms with van der Waals surface area (Å²) in [6, 6.07) is 19.5. The first kappa shape index (κ1) is 19.6. The Kier molecular flexibility index (Phi) is 6.48. The van der Waals surface area contributed by atoms with Crippen LogP contribution >= 0.6 is 0 Å². The third-order valence-electron chi connectivity index (χ3n) is 4.64. The summed E-state index contributed by atoms with van der Waals surface area (Å²) in [5.41, 5.74) is 8.18. The number of nitrogens with two attached hydrogens (primary N) is 1. The molecule has 1 amide bonds. The Balaban J connectivity index is 0.00000243. The molecule has 4 nitrogen and oxygen atoms in total. The minimum atomic E-state index is -1.17. The predicted octanol–water partition coefficient (Wildman–Crippen LogP) is 3.24.